The number of nitrogens with zero attached hydrogens (tertiary/aromatic N) is 1. The third kappa shape index (κ3) is 3.54. The summed E-state index contributed by atoms with van der Waals surface area (Å²) in [5.41, 5.74) is 5.59. The number of carbonyl (C=O) groups excluding carboxylic acids is 2. The first-order chi connectivity index (χ1) is 13.0. The lowest BCUT2D eigenvalue weighted by Gasteiger charge is -2.32. The lowest BCUT2D eigenvalue weighted by atomic mass is 10.0. The summed E-state index contributed by atoms with van der Waals surface area (Å²) < 4.78 is 0. The molecule has 1 saturated heterocycles. The molecular weight excluding hydrogens is 338 g/mol. The van der Waals surface area contributed by atoms with E-state index in [1.54, 1.807) is 0 Å². The molecule has 1 fully saturated rings. The number of hydrogen-bond acceptors (Lipinski definition) is 3. The van der Waals surface area contributed by atoms with E-state index in [9.17, 15) is 9.59 Å². The minimum Gasteiger partial charge on any atom is -0.356 e. The molecule has 2 N–H and O–H groups in total. The Morgan fingerprint density at radius 3 is 2.81 bits per heavy atom. The van der Waals surface area contributed by atoms with E-state index in [4.69, 9.17) is 0 Å². The summed E-state index contributed by atoms with van der Waals surface area (Å²) >= 11 is 0. The van der Waals surface area contributed by atoms with Gasteiger partial charge in [0.15, 0.2) is 0 Å². The van der Waals surface area contributed by atoms with Crippen molar-refractivity contribution >= 4 is 23.2 Å². The summed E-state index contributed by atoms with van der Waals surface area (Å²) in [6, 6.07) is 14.0. The average molecular weight is 363 g/mol. The van der Waals surface area contributed by atoms with Crippen molar-refractivity contribution in [3.63, 3.8) is 0 Å². The van der Waals surface area contributed by atoms with Gasteiger partial charge in [0.05, 0.1) is 11.4 Å². The molecule has 2 aromatic carbocycles. The molecule has 0 saturated carbocycles. The fourth-order valence-corrected chi connectivity index (χ4v) is 4.02. The van der Waals surface area contributed by atoms with Crippen LogP contribution in [0.4, 0.5) is 11.4 Å². The first-order valence-electron chi connectivity index (χ1n) is 9.53. The summed E-state index contributed by atoms with van der Waals surface area (Å²) in [6.07, 6.45) is 1.85. The number of anilines is 2. The number of hydrogen-bond donors (Lipinski definition) is 2. The number of aryl methyl sites for hydroxylation is 3. The van der Waals surface area contributed by atoms with E-state index in [0.717, 1.165) is 17.8 Å². The van der Waals surface area contributed by atoms with Crippen LogP contribution in [0.5, 0.6) is 0 Å². The minimum atomic E-state index is -0.204. The number of fused-ring (bicyclic) bond motifs is 3. The van der Waals surface area contributed by atoms with E-state index < -0.39 is 0 Å². The second-order valence-electron chi connectivity index (χ2n) is 7.59. The summed E-state index contributed by atoms with van der Waals surface area (Å²) in [4.78, 5) is 26.9. The number of rotatable bonds is 4. The second-order valence-corrected chi connectivity index (χ2v) is 7.59. The van der Waals surface area contributed by atoms with Crippen LogP contribution < -0.4 is 15.5 Å². The number of benzene rings is 2. The SMILES string of the molecule is Cc1ccc(CCC(=O)NC2CC3C(=O)Nc4ccccc4N3C2)cc1C. The van der Waals surface area contributed by atoms with Gasteiger partial charge in [0.25, 0.3) is 0 Å². The number of carbonyl (C=O) groups is 2. The van der Waals surface area contributed by atoms with Gasteiger partial charge < -0.3 is 15.5 Å². The highest BCUT2D eigenvalue weighted by Gasteiger charge is 2.41. The number of amides is 2. The van der Waals surface area contributed by atoms with Crippen LogP contribution in [0, 0.1) is 13.8 Å². The zero-order chi connectivity index (χ0) is 19.0. The molecule has 27 heavy (non-hydrogen) atoms. The van der Waals surface area contributed by atoms with E-state index in [1.165, 1.54) is 16.7 Å². The standard InChI is InChI=1S/C22H25N3O2/c1-14-7-8-16(11-15(14)2)9-10-21(26)23-17-12-20-22(27)24-18-5-3-4-6-19(18)25(20)13-17/h3-8,11,17,20H,9-10,12-13H2,1-2H3,(H,23,26)(H,24,27). The summed E-state index contributed by atoms with van der Waals surface area (Å²) in [5.74, 6) is 0.0624. The second kappa shape index (κ2) is 7.06. The highest BCUT2D eigenvalue weighted by molar-refractivity contribution is 6.04. The molecule has 2 unspecified atom stereocenters. The van der Waals surface area contributed by atoms with E-state index in [0.29, 0.717) is 19.4 Å². The van der Waals surface area contributed by atoms with Crippen molar-refractivity contribution in [2.24, 2.45) is 0 Å². The maximum atomic E-state index is 12.4. The van der Waals surface area contributed by atoms with Gasteiger partial charge in [0.2, 0.25) is 11.8 Å². The van der Waals surface area contributed by atoms with Crippen LogP contribution in [0.25, 0.3) is 0 Å². The van der Waals surface area contributed by atoms with Crippen LogP contribution in [0.2, 0.25) is 0 Å². The van der Waals surface area contributed by atoms with Crippen molar-refractivity contribution in [2.75, 3.05) is 16.8 Å². The highest BCUT2D eigenvalue weighted by atomic mass is 16.2. The molecule has 2 aromatic rings. The van der Waals surface area contributed by atoms with Crippen molar-refractivity contribution in [1.82, 2.24) is 5.32 Å². The Morgan fingerprint density at radius 2 is 2.00 bits per heavy atom. The maximum absolute atomic E-state index is 12.4. The third-order valence-corrected chi connectivity index (χ3v) is 5.65. The van der Waals surface area contributed by atoms with Gasteiger partial charge in [-0.1, -0.05) is 30.3 Å². The fraction of sp³-hybridized carbons (Fsp3) is 0.364. The first-order valence-corrected chi connectivity index (χ1v) is 9.53. The van der Waals surface area contributed by atoms with Crippen LogP contribution >= 0.6 is 0 Å². The summed E-state index contributed by atoms with van der Waals surface area (Å²) in [6.45, 7) is 4.86. The molecule has 140 valence electrons. The number of para-hydroxylation sites is 2. The third-order valence-electron chi connectivity index (χ3n) is 5.65. The minimum absolute atomic E-state index is 0.000778. The topological polar surface area (TPSA) is 61.4 Å². The quantitative estimate of drug-likeness (QED) is 0.878. The summed E-state index contributed by atoms with van der Waals surface area (Å²) in [7, 11) is 0. The van der Waals surface area contributed by atoms with Crippen LogP contribution in [0.1, 0.15) is 29.5 Å². The van der Waals surface area contributed by atoms with Gasteiger partial charge >= 0.3 is 0 Å². The molecule has 0 aromatic heterocycles. The van der Waals surface area contributed by atoms with Gasteiger partial charge in [-0.3, -0.25) is 9.59 Å². The van der Waals surface area contributed by atoms with Crippen molar-refractivity contribution < 1.29 is 9.59 Å². The van der Waals surface area contributed by atoms with Crippen molar-refractivity contribution in [2.45, 2.75) is 45.2 Å². The van der Waals surface area contributed by atoms with Gasteiger partial charge in [-0.25, -0.2) is 0 Å². The predicted molar refractivity (Wildman–Crippen MR) is 107 cm³/mol. The molecule has 5 heteroatoms. The molecule has 0 radical (unpaired) electrons. The van der Waals surface area contributed by atoms with Gasteiger partial charge in [-0.05, 0) is 55.5 Å². The Labute approximate surface area is 159 Å². The molecule has 2 aliphatic rings. The molecule has 0 bridgehead atoms. The van der Waals surface area contributed by atoms with E-state index >= 15 is 0 Å². The zero-order valence-corrected chi connectivity index (χ0v) is 15.8. The molecule has 0 aliphatic carbocycles. The predicted octanol–water partition coefficient (Wildman–Crippen LogP) is 2.95. The van der Waals surface area contributed by atoms with Crippen LogP contribution in [0.3, 0.4) is 0 Å². The first kappa shape index (κ1) is 17.6. The summed E-state index contributed by atoms with van der Waals surface area (Å²) in [5, 5.41) is 6.09. The lowest BCUT2D eigenvalue weighted by molar-refractivity contribution is -0.122. The Hall–Kier alpha value is -2.82. The Balaban J connectivity index is 1.36. The number of nitrogens with one attached hydrogen (secondary N) is 2. The Kier molecular flexibility index (Phi) is 4.60. The van der Waals surface area contributed by atoms with Crippen LogP contribution in [0.15, 0.2) is 42.5 Å². The van der Waals surface area contributed by atoms with E-state index in [2.05, 4.69) is 47.6 Å². The van der Waals surface area contributed by atoms with Gasteiger partial charge in [-0.2, -0.15) is 0 Å². The van der Waals surface area contributed by atoms with Gasteiger partial charge in [0, 0.05) is 19.0 Å². The van der Waals surface area contributed by atoms with Gasteiger partial charge in [0.1, 0.15) is 6.04 Å². The molecule has 5 nitrogen and oxygen atoms in total. The molecule has 2 heterocycles. The monoisotopic (exact) mass is 363 g/mol. The zero-order valence-electron chi connectivity index (χ0n) is 15.8. The molecule has 2 atom stereocenters. The van der Waals surface area contributed by atoms with E-state index in [-0.39, 0.29) is 23.9 Å². The lowest BCUT2D eigenvalue weighted by Crippen LogP contribution is -2.44. The van der Waals surface area contributed by atoms with Crippen molar-refractivity contribution in [3.05, 3.63) is 59.2 Å². The highest BCUT2D eigenvalue weighted by Crippen LogP contribution is 2.36. The molecular formula is C22H25N3O2. The van der Waals surface area contributed by atoms with Crippen LogP contribution in [-0.4, -0.2) is 30.4 Å². The van der Waals surface area contributed by atoms with Crippen LogP contribution in [-0.2, 0) is 16.0 Å². The smallest absolute Gasteiger partial charge is 0.247 e. The maximum Gasteiger partial charge on any atom is 0.247 e. The van der Waals surface area contributed by atoms with E-state index in [1.807, 2.05) is 24.3 Å². The Bertz CT molecular complexity index is 893. The normalized spacial score (nSPS) is 20.7. The molecule has 2 aliphatic heterocycles. The van der Waals surface area contributed by atoms with Crippen molar-refractivity contribution in [3.8, 4) is 0 Å². The largest absolute Gasteiger partial charge is 0.356 e. The fourth-order valence-electron chi connectivity index (χ4n) is 4.02. The van der Waals surface area contributed by atoms with Crippen molar-refractivity contribution in [1.29, 1.82) is 0 Å². The Morgan fingerprint density at radius 1 is 1.19 bits per heavy atom. The molecule has 2 amide bonds. The van der Waals surface area contributed by atoms with Gasteiger partial charge in [-0.15, -0.1) is 0 Å². The molecule has 4 rings (SSSR count). The molecule has 0 spiro atoms. The average Bonchev–Trinajstić information content (AvgIpc) is 3.07.